The van der Waals surface area contributed by atoms with Crippen LogP contribution in [0.25, 0.3) is 0 Å². The lowest BCUT2D eigenvalue weighted by atomic mass is 9.97. The summed E-state index contributed by atoms with van der Waals surface area (Å²) in [7, 11) is 0. The number of hydrogen-bond acceptors (Lipinski definition) is 2. The minimum atomic E-state index is 0.134. The van der Waals surface area contributed by atoms with Gasteiger partial charge in [-0.25, -0.2) is 0 Å². The van der Waals surface area contributed by atoms with E-state index >= 15 is 0 Å². The highest BCUT2D eigenvalue weighted by atomic mass is 16.5. The fourth-order valence-corrected chi connectivity index (χ4v) is 4.36. The van der Waals surface area contributed by atoms with Crippen LogP contribution in [0.2, 0.25) is 0 Å². The molecule has 1 aliphatic heterocycles. The Balaban J connectivity index is 1.65. The first-order valence-corrected chi connectivity index (χ1v) is 9.50. The number of morpholine rings is 1. The van der Waals surface area contributed by atoms with Crippen molar-refractivity contribution in [2.45, 2.75) is 51.1 Å². The van der Waals surface area contributed by atoms with Crippen molar-refractivity contribution in [1.82, 2.24) is 5.32 Å². The van der Waals surface area contributed by atoms with Crippen LogP contribution >= 0.6 is 0 Å². The molecule has 1 saturated heterocycles. The van der Waals surface area contributed by atoms with E-state index in [0.717, 1.165) is 26.3 Å². The number of nitrogens with one attached hydrogen (secondary N) is 2. The summed E-state index contributed by atoms with van der Waals surface area (Å²) in [5.74, 6) is 0.825. The van der Waals surface area contributed by atoms with Gasteiger partial charge in [0.2, 0.25) is 5.91 Å². The zero-order valence-electron chi connectivity index (χ0n) is 14.8. The molecule has 1 heterocycles. The largest absolute Gasteiger partial charge is 0.370 e. The maximum Gasteiger partial charge on any atom is 0.220 e. The smallest absolute Gasteiger partial charge is 0.220 e. The molecule has 3 rings (SSSR count). The highest BCUT2D eigenvalue weighted by Crippen LogP contribution is 2.27. The van der Waals surface area contributed by atoms with E-state index in [9.17, 15) is 4.79 Å². The van der Waals surface area contributed by atoms with Gasteiger partial charge >= 0.3 is 0 Å². The summed E-state index contributed by atoms with van der Waals surface area (Å²) >= 11 is 0. The van der Waals surface area contributed by atoms with E-state index in [2.05, 4.69) is 42.6 Å². The topological polar surface area (TPSA) is 42.8 Å². The molecule has 4 nitrogen and oxygen atoms in total. The number of ether oxygens (including phenoxy) is 1. The Morgan fingerprint density at radius 2 is 1.88 bits per heavy atom. The molecule has 2 aliphatic rings. The minimum Gasteiger partial charge on any atom is -0.370 e. The molecule has 1 aliphatic carbocycles. The van der Waals surface area contributed by atoms with Gasteiger partial charge in [-0.1, -0.05) is 43.2 Å². The van der Waals surface area contributed by atoms with Gasteiger partial charge < -0.3 is 15.0 Å². The molecule has 132 valence electrons. The molecule has 1 aromatic carbocycles. The Labute approximate surface area is 145 Å². The highest BCUT2D eigenvalue weighted by Gasteiger charge is 2.32. The fourth-order valence-electron chi connectivity index (χ4n) is 4.36. The molecule has 0 spiro atoms. The van der Waals surface area contributed by atoms with Gasteiger partial charge in [-0.3, -0.25) is 4.79 Å². The first-order valence-electron chi connectivity index (χ1n) is 9.50. The Bertz CT molecular complexity index is 508. The van der Waals surface area contributed by atoms with Crippen LogP contribution in [0.3, 0.4) is 0 Å². The first-order chi connectivity index (χ1) is 11.7. The van der Waals surface area contributed by atoms with Gasteiger partial charge in [0.05, 0.1) is 19.3 Å². The van der Waals surface area contributed by atoms with Crippen molar-refractivity contribution in [2.24, 2.45) is 5.92 Å². The van der Waals surface area contributed by atoms with Crippen LogP contribution in [0.1, 0.15) is 50.6 Å². The van der Waals surface area contributed by atoms with Crippen molar-refractivity contribution in [3.8, 4) is 0 Å². The maximum atomic E-state index is 12.5. The number of rotatable bonds is 6. The predicted molar refractivity (Wildman–Crippen MR) is 94.9 cm³/mol. The Morgan fingerprint density at radius 1 is 1.21 bits per heavy atom. The summed E-state index contributed by atoms with van der Waals surface area (Å²) in [6.45, 7) is 5.78. The number of amides is 1. The summed E-state index contributed by atoms with van der Waals surface area (Å²) in [6.07, 6.45) is 5.72. The summed E-state index contributed by atoms with van der Waals surface area (Å²) in [4.78, 5) is 14.0. The zero-order chi connectivity index (χ0) is 16.8. The van der Waals surface area contributed by atoms with Gasteiger partial charge in [0.15, 0.2) is 0 Å². The second-order valence-corrected chi connectivity index (χ2v) is 7.37. The molecule has 1 aromatic rings. The van der Waals surface area contributed by atoms with E-state index in [1.165, 1.54) is 36.1 Å². The van der Waals surface area contributed by atoms with Gasteiger partial charge in [-0.05, 0) is 25.7 Å². The molecule has 2 N–H and O–H groups in total. The van der Waals surface area contributed by atoms with E-state index in [1.54, 1.807) is 0 Å². The van der Waals surface area contributed by atoms with Crippen LogP contribution in [0.15, 0.2) is 30.3 Å². The average molecular weight is 331 g/mol. The van der Waals surface area contributed by atoms with Gasteiger partial charge in [-0.2, -0.15) is 0 Å². The van der Waals surface area contributed by atoms with Gasteiger partial charge in [0, 0.05) is 12.0 Å². The van der Waals surface area contributed by atoms with Crippen LogP contribution in [-0.4, -0.2) is 38.3 Å². The Hall–Kier alpha value is -1.39. The normalized spacial score (nSPS) is 22.2. The Morgan fingerprint density at radius 3 is 2.54 bits per heavy atom. The van der Waals surface area contributed by atoms with Gasteiger partial charge in [0.25, 0.3) is 0 Å². The van der Waals surface area contributed by atoms with Crippen LogP contribution < -0.4 is 10.2 Å². The molecule has 2 fully saturated rings. The predicted octanol–water partition coefficient (Wildman–Crippen LogP) is 1.73. The molecule has 2 atom stereocenters. The van der Waals surface area contributed by atoms with Crippen molar-refractivity contribution in [3.63, 3.8) is 0 Å². The van der Waals surface area contributed by atoms with E-state index < -0.39 is 0 Å². The zero-order valence-corrected chi connectivity index (χ0v) is 14.8. The number of hydrogen-bond donors (Lipinski definition) is 2. The maximum absolute atomic E-state index is 12.5. The number of carbonyl (C=O) groups is 1. The van der Waals surface area contributed by atoms with Crippen LogP contribution in [0, 0.1) is 5.92 Å². The molecule has 4 heteroatoms. The summed E-state index contributed by atoms with van der Waals surface area (Å²) in [5.41, 5.74) is 1.31. The fraction of sp³-hybridized carbons (Fsp3) is 0.650. The average Bonchev–Trinajstić information content (AvgIpc) is 3.10. The third-order valence-electron chi connectivity index (χ3n) is 5.57. The van der Waals surface area contributed by atoms with E-state index in [0.29, 0.717) is 18.4 Å². The van der Waals surface area contributed by atoms with E-state index in [-0.39, 0.29) is 11.9 Å². The molecule has 24 heavy (non-hydrogen) atoms. The quantitative estimate of drug-likeness (QED) is 0.834. The molecule has 0 unspecified atom stereocenters. The number of benzene rings is 1. The van der Waals surface area contributed by atoms with Crippen molar-refractivity contribution in [1.29, 1.82) is 0 Å². The van der Waals surface area contributed by atoms with Crippen molar-refractivity contribution in [3.05, 3.63) is 35.9 Å². The second kappa shape index (κ2) is 8.63. The minimum absolute atomic E-state index is 0.134. The molecular weight excluding hydrogens is 300 g/mol. The monoisotopic (exact) mass is 331 g/mol. The molecule has 0 bridgehead atoms. The Kier molecular flexibility index (Phi) is 6.27. The molecular formula is C20H31N2O2+. The third-order valence-corrected chi connectivity index (χ3v) is 5.57. The van der Waals surface area contributed by atoms with Crippen molar-refractivity contribution >= 4 is 5.91 Å². The molecule has 1 amide bonds. The molecule has 1 saturated carbocycles. The van der Waals surface area contributed by atoms with Crippen LogP contribution in [0.5, 0.6) is 0 Å². The van der Waals surface area contributed by atoms with Crippen molar-refractivity contribution in [2.75, 3.05) is 26.3 Å². The summed E-state index contributed by atoms with van der Waals surface area (Å²) in [6, 6.07) is 11.0. The lowest BCUT2D eigenvalue weighted by Crippen LogP contribution is -3.15. The third kappa shape index (κ3) is 4.58. The lowest BCUT2D eigenvalue weighted by molar-refractivity contribution is -0.940. The number of quaternary nitrogens is 1. The van der Waals surface area contributed by atoms with Crippen molar-refractivity contribution < 1.29 is 14.4 Å². The molecule has 0 radical (unpaired) electrons. The summed E-state index contributed by atoms with van der Waals surface area (Å²) in [5, 5.41) is 3.30. The van der Waals surface area contributed by atoms with Gasteiger partial charge in [0.1, 0.15) is 19.1 Å². The second-order valence-electron chi connectivity index (χ2n) is 7.37. The van der Waals surface area contributed by atoms with E-state index in [4.69, 9.17) is 4.74 Å². The first kappa shape index (κ1) is 17.4. The van der Waals surface area contributed by atoms with Crippen LogP contribution in [-0.2, 0) is 9.53 Å². The molecule has 0 aromatic heterocycles. The summed E-state index contributed by atoms with van der Waals surface area (Å²) < 4.78 is 5.53. The van der Waals surface area contributed by atoms with E-state index in [1.807, 2.05) is 0 Å². The number of carbonyl (C=O) groups excluding carboxylic acids is 1. The van der Waals surface area contributed by atoms with Gasteiger partial charge in [-0.15, -0.1) is 0 Å². The highest BCUT2D eigenvalue weighted by molar-refractivity contribution is 5.76. The lowest BCUT2D eigenvalue weighted by Gasteiger charge is -2.35. The SMILES string of the molecule is C[C@H](NC(=O)CC1CCCC1)[C@H](c1ccccc1)[NH+]1CCOCC1. The standard InChI is InChI=1S/C20H30N2O2/c1-16(21-19(23)15-17-7-5-6-8-17)20(18-9-3-2-4-10-18)22-11-13-24-14-12-22/h2-4,9-10,16-17,20H,5-8,11-15H2,1H3,(H,21,23)/p+1/t16-,20+/m0/s1. The van der Waals surface area contributed by atoms with Crippen LogP contribution in [0.4, 0.5) is 0 Å².